The summed E-state index contributed by atoms with van der Waals surface area (Å²) in [7, 11) is 0. The standard InChI is InChI=1S/C20H18F2N2O/c1-20(14-5-3-2-4-6-14)13-24(9-10-25-20)18-7-8-23-19-16(18)11-15(21)12-17(19)22/h2-8,11-12H,9-10,13H2,1H3. The van der Waals surface area contributed by atoms with Crippen molar-refractivity contribution in [3.63, 3.8) is 0 Å². The van der Waals surface area contributed by atoms with E-state index in [1.54, 1.807) is 12.3 Å². The number of fused-ring (bicyclic) bond motifs is 1. The summed E-state index contributed by atoms with van der Waals surface area (Å²) < 4.78 is 33.9. The largest absolute Gasteiger partial charge is 0.367 e. The summed E-state index contributed by atoms with van der Waals surface area (Å²) in [5.74, 6) is -1.24. The molecule has 1 saturated heterocycles. The van der Waals surface area contributed by atoms with Crippen LogP contribution in [0.25, 0.3) is 10.9 Å². The van der Waals surface area contributed by atoms with Gasteiger partial charge in [0.05, 0.1) is 13.2 Å². The van der Waals surface area contributed by atoms with Gasteiger partial charge in [-0.25, -0.2) is 8.78 Å². The molecule has 5 heteroatoms. The molecule has 0 saturated carbocycles. The van der Waals surface area contributed by atoms with E-state index >= 15 is 0 Å². The third-order valence-corrected chi connectivity index (χ3v) is 4.74. The van der Waals surface area contributed by atoms with Gasteiger partial charge < -0.3 is 9.64 Å². The molecule has 0 radical (unpaired) electrons. The molecule has 1 unspecified atom stereocenters. The van der Waals surface area contributed by atoms with E-state index in [-0.39, 0.29) is 5.52 Å². The Kier molecular flexibility index (Phi) is 3.88. The van der Waals surface area contributed by atoms with Crippen LogP contribution in [0.4, 0.5) is 14.5 Å². The third kappa shape index (κ3) is 2.85. The van der Waals surface area contributed by atoms with Crippen molar-refractivity contribution in [2.45, 2.75) is 12.5 Å². The number of halogens is 2. The molecule has 3 aromatic rings. The molecule has 0 amide bonds. The van der Waals surface area contributed by atoms with Gasteiger partial charge in [0.15, 0.2) is 5.82 Å². The number of nitrogens with zero attached hydrogens (tertiary/aromatic N) is 2. The van der Waals surface area contributed by atoms with Gasteiger partial charge in [-0.1, -0.05) is 30.3 Å². The molecule has 0 N–H and O–H groups in total. The molecular formula is C20H18F2N2O. The summed E-state index contributed by atoms with van der Waals surface area (Å²) in [5, 5.41) is 0.484. The fourth-order valence-corrected chi connectivity index (χ4v) is 3.48. The molecule has 2 heterocycles. The molecular weight excluding hydrogens is 322 g/mol. The van der Waals surface area contributed by atoms with Crippen molar-refractivity contribution in [1.82, 2.24) is 4.98 Å². The quantitative estimate of drug-likeness (QED) is 0.697. The number of hydrogen-bond donors (Lipinski definition) is 0. The Labute approximate surface area is 144 Å². The molecule has 128 valence electrons. The molecule has 0 spiro atoms. The lowest BCUT2D eigenvalue weighted by Gasteiger charge is -2.42. The highest BCUT2D eigenvalue weighted by atomic mass is 19.1. The first-order chi connectivity index (χ1) is 12.1. The zero-order chi connectivity index (χ0) is 17.4. The van der Waals surface area contributed by atoms with Crippen LogP contribution in [0.15, 0.2) is 54.7 Å². The Bertz CT molecular complexity index is 916. The molecule has 1 fully saturated rings. The molecule has 2 aromatic carbocycles. The number of morpholine rings is 1. The summed E-state index contributed by atoms with van der Waals surface area (Å²) in [6.07, 6.45) is 1.56. The van der Waals surface area contributed by atoms with E-state index in [1.165, 1.54) is 6.07 Å². The lowest BCUT2D eigenvalue weighted by Crippen LogP contribution is -2.48. The summed E-state index contributed by atoms with van der Waals surface area (Å²) in [5.41, 5.74) is 1.55. The minimum absolute atomic E-state index is 0.187. The summed E-state index contributed by atoms with van der Waals surface area (Å²) in [4.78, 5) is 6.18. The average molecular weight is 340 g/mol. The van der Waals surface area contributed by atoms with E-state index in [2.05, 4.69) is 9.88 Å². The number of hydrogen-bond acceptors (Lipinski definition) is 3. The molecule has 1 aliphatic heterocycles. The fraction of sp³-hybridized carbons (Fsp3) is 0.250. The Morgan fingerprint density at radius 1 is 1.12 bits per heavy atom. The van der Waals surface area contributed by atoms with E-state index in [9.17, 15) is 8.78 Å². The van der Waals surface area contributed by atoms with Crippen LogP contribution in [-0.2, 0) is 10.3 Å². The van der Waals surface area contributed by atoms with Crippen LogP contribution < -0.4 is 4.90 Å². The third-order valence-electron chi connectivity index (χ3n) is 4.74. The monoisotopic (exact) mass is 340 g/mol. The second-order valence-corrected chi connectivity index (χ2v) is 6.48. The van der Waals surface area contributed by atoms with Gasteiger partial charge in [0.1, 0.15) is 16.9 Å². The molecule has 4 rings (SSSR count). The van der Waals surface area contributed by atoms with Gasteiger partial charge in [-0.2, -0.15) is 0 Å². The number of ether oxygens (including phenoxy) is 1. The maximum Gasteiger partial charge on any atom is 0.152 e. The van der Waals surface area contributed by atoms with E-state index in [4.69, 9.17) is 4.74 Å². The zero-order valence-electron chi connectivity index (χ0n) is 13.9. The van der Waals surface area contributed by atoms with E-state index < -0.39 is 17.2 Å². The number of pyridine rings is 1. The molecule has 1 aliphatic rings. The SMILES string of the molecule is CC1(c2ccccc2)CN(c2ccnc3c(F)cc(F)cc23)CCO1. The lowest BCUT2D eigenvalue weighted by molar-refractivity contribution is -0.0465. The Morgan fingerprint density at radius 3 is 2.72 bits per heavy atom. The van der Waals surface area contributed by atoms with Crippen molar-refractivity contribution in [2.24, 2.45) is 0 Å². The van der Waals surface area contributed by atoms with Gasteiger partial charge in [-0.05, 0) is 24.6 Å². The average Bonchev–Trinajstić information content (AvgIpc) is 2.62. The molecule has 3 nitrogen and oxygen atoms in total. The first-order valence-electron chi connectivity index (χ1n) is 8.25. The van der Waals surface area contributed by atoms with Crippen LogP contribution in [0.1, 0.15) is 12.5 Å². The first kappa shape index (κ1) is 16.0. The second kappa shape index (κ2) is 6.08. The maximum absolute atomic E-state index is 14.1. The fourth-order valence-electron chi connectivity index (χ4n) is 3.48. The molecule has 25 heavy (non-hydrogen) atoms. The van der Waals surface area contributed by atoms with Crippen LogP contribution in [0.2, 0.25) is 0 Å². The number of rotatable bonds is 2. The highest BCUT2D eigenvalue weighted by molar-refractivity contribution is 5.92. The summed E-state index contributed by atoms with van der Waals surface area (Å²) in [6, 6.07) is 14.0. The summed E-state index contributed by atoms with van der Waals surface area (Å²) >= 11 is 0. The van der Waals surface area contributed by atoms with E-state index in [1.807, 2.05) is 37.3 Å². The minimum Gasteiger partial charge on any atom is -0.367 e. The predicted molar refractivity (Wildman–Crippen MR) is 93.6 cm³/mol. The summed E-state index contributed by atoms with van der Waals surface area (Å²) in [6.45, 7) is 3.82. The van der Waals surface area contributed by atoms with Crippen molar-refractivity contribution < 1.29 is 13.5 Å². The first-order valence-corrected chi connectivity index (χ1v) is 8.25. The molecule has 1 atom stereocenters. The second-order valence-electron chi connectivity index (χ2n) is 6.48. The smallest absolute Gasteiger partial charge is 0.152 e. The highest BCUT2D eigenvalue weighted by Gasteiger charge is 2.34. The lowest BCUT2D eigenvalue weighted by atomic mass is 9.93. The Morgan fingerprint density at radius 2 is 1.92 bits per heavy atom. The highest BCUT2D eigenvalue weighted by Crippen LogP contribution is 2.35. The number of anilines is 1. The predicted octanol–water partition coefficient (Wildman–Crippen LogP) is 4.27. The van der Waals surface area contributed by atoms with Gasteiger partial charge in [0, 0.05) is 29.9 Å². The number of aromatic nitrogens is 1. The van der Waals surface area contributed by atoms with Crippen LogP contribution in [0, 0.1) is 11.6 Å². The minimum atomic E-state index is -0.643. The van der Waals surface area contributed by atoms with Gasteiger partial charge in [-0.15, -0.1) is 0 Å². The van der Waals surface area contributed by atoms with Crippen molar-refractivity contribution >= 4 is 16.6 Å². The molecule has 0 aliphatic carbocycles. The van der Waals surface area contributed by atoms with Crippen LogP contribution in [0.3, 0.4) is 0 Å². The maximum atomic E-state index is 14.1. The topological polar surface area (TPSA) is 25.4 Å². The van der Waals surface area contributed by atoms with Crippen LogP contribution in [0.5, 0.6) is 0 Å². The van der Waals surface area contributed by atoms with Gasteiger partial charge in [-0.3, -0.25) is 4.98 Å². The van der Waals surface area contributed by atoms with E-state index in [0.29, 0.717) is 25.1 Å². The van der Waals surface area contributed by atoms with Crippen LogP contribution >= 0.6 is 0 Å². The van der Waals surface area contributed by atoms with Crippen molar-refractivity contribution in [1.29, 1.82) is 0 Å². The normalized spacial score (nSPS) is 20.8. The van der Waals surface area contributed by atoms with Crippen molar-refractivity contribution in [3.05, 3.63) is 71.9 Å². The van der Waals surface area contributed by atoms with Gasteiger partial charge in [0.25, 0.3) is 0 Å². The van der Waals surface area contributed by atoms with Crippen molar-refractivity contribution in [2.75, 3.05) is 24.6 Å². The molecule has 1 aromatic heterocycles. The van der Waals surface area contributed by atoms with Gasteiger partial charge in [0.2, 0.25) is 0 Å². The Balaban J connectivity index is 1.76. The zero-order valence-corrected chi connectivity index (χ0v) is 13.9. The van der Waals surface area contributed by atoms with Crippen molar-refractivity contribution in [3.8, 4) is 0 Å². The van der Waals surface area contributed by atoms with Crippen LogP contribution in [-0.4, -0.2) is 24.7 Å². The Hall–Kier alpha value is -2.53. The number of benzene rings is 2. The van der Waals surface area contributed by atoms with Gasteiger partial charge >= 0.3 is 0 Å². The molecule has 0 bridgehead atoms. The van der Waals surface area contributed by atoms with E-state index in [0.717, 1.165) is 17.3 Å².